The first-order chi connectivity index (χ1) is 51.2. The van der Waals surface area contributed by atoms with E-state index in [0.29, 0.717) is 34.2 Å². The number of benzene rings is 14. The normalized spacial score (nSPS) is 14.5. The predicted molar refractivity (Wildman–Crippen MR) is 437 cm³/mol. The monoisotopic (exact) mass is 1470 g/mol. The summed E-state index contributed by atoms with van der Waals surface area (Å²) < 4.78 is 73.9. The quantitative estimate of drug-likeness (QED) is 0.109. The third kappa shape index (κ3) is 13.1. The van der Waals surface area contributed by atoms with E-state index in [1.54, 1.807) is 14.2 Å². The SMILES string of the molecule is C.COc1cc(-c2cc(OC)cc(C(C)(C)C)c2Op2oc3ccccc3c3ccccc3o2)c(OP2Oc3ccccc3-c3ccccc32)c(C(C)(C)C)c1.c1ccc2c(c1)OP(Oc1ccc3ccccc3c1-c1c(OP3Oc4ccccc4-c4ccccc43)ccc3ccccc13)c1ccccc1-2. The lowest BCUT2D eigenvalue weighted by Gasteiger charge is -2.32. The highest BCUT2D eigenvalue weighted by Crippen LogP contribution is 2.59. The van der Waals surface area contributed by atoms with Crippen LogP contribution < -0.4 is 57.1 Å². The summed E-state index contributed by atoms with van der Waals surface area (Å²) in [6.45, 7) is 13.0. The van der Waals surface area contributed by atoms with Gasteiger partial charge in [-0.3, -0.25) is 0 Å². The largest absolute Gasteiger partial charge is 0.497 e. The second kappa shape index (κ2) is 28.8. The molecule has 526 valence electrons. The van der Waals surface area contributed by atoms with Gasteiger partial charge in [-0.2, -0.15) is 0 Å². The van der Waals surface area contributed by atoms with Crippen molar-refractivity contribution in [3.63, 3.8) is 0 Å². The lowest BCUT2D eigenvalue weighted by atomic mass is 9.81. The molecule has 3 unspecified atom stereocenters. The van der Waals surface area contributed by atoms with Crippen LogP contribution in [0.5, 0.6) is 51.7 Å². The van der Waals surface area contributed by atoms with E-state index in [4.69, 9.17) is 49.5 Å². The van der Waals surface area contributed by atoms with Crippen molar-refractivity contribution in [3.8, 4) is 107 Å². The van der Waals surface area contributed by atoms with Crippen molar-refractivity contribution in [1.29, 1.82) is 0 Å². The van der Waals surface area contributed by atoms with Crippen LogP contribution >= 0.6 is 33.4 Å². The fraction of sp³-hybridized carbons (Fsp3) is 0.121. The van der Waals surface area contributed by atoms with Crippen LogP contribution in [0.15, 0.2) is 300 Å². The lowest BCUT2D eigenvalue weighted by Crippen LogP contribution is -2.20. The molecule has 0 radical (unpaired) electrons. The predicted octanol–water partition coefficient (Wildman–Crippen LogP) is 25.9. The van der Waals surface area contributed by atoms with Crippen LogP contribution in [0.4, 0.5) is 0 Å². The van der Waals surface area contributed by atoms with Gasteiger partial charge in [0.2, 0.25) is 0 Å². The molecule has 11 nitrogen and oxygen atoms in total. The second-order valence-corrected chi connectivity index (χ2v) is 32.9. The summed E-state index contributed by atoms with van der Waals surface area (Å²) in [5.41, 5.74) is 12.4. The average Bonchev–Trinajstić information content (AvgIpc) is 0.771. The van der Waals surface area contributed by atoms with Crippen molar-refractivity contribution in [1.82, 2.24) is 0 Å². The maximum atomic E-state index is 7.27. The Bertz CT molecular complexity index is 5680. The molecule has 1 aromatic heterocycles. The zero-order chi connectivity index (χ0) is 71.5. The number of hydrogen-bond donors (Lipinski definition) is 0. The Hall–Kier alpha value is -11.0. The van der Waals surface area contributed by atoms with Gasteiger partial charge in [0.15, 0.2) is 0 Å². The van der Waals surface area contributed by atoms with Gasteiger partial charge in [0, 0.05) is 60.8 Å². The van der Waals surface area contributed by atoms with Gasteiger partial charge in [0.25, 0.3) is 0 Å². The molecule has 4 heterocycles. The van der Waals surface area contributed by atoms with Crippen molar-refractivity contribution >= 4 is 92.8 Å². The number of hydrogen-bond acceptors (Lipinski definition) is 11. The van der Waals surface area contributed by atoms with Crippen molar-refractivity contribution in [3.05, 3.63) is 302 Å². The molecule has 0 spiro atoms. The standard InChI is InChI=1S/C46H44O7P2.C44H28O4P2.CH4/c1-45(2,3)37-27-29(47-7)25-35(43(37)52-54-42-24-16-12-20-34(42)33-19-11-13-21-39(33)49-54)36-26-30(48-8)28-38(46(4,5)6)44(36)53-55-50-40-22-14-9-17-31(40)32-18-10-15-23-41(32)51-55;1-3-15-31-29(13-1)25-27-39(47-49-41-23-11-7-19-35(41)33-17-5-9-21-37(33)45-49)43(31)44-32-16-4-2-14-30(32)26-28-40(44)48-50-42-24-12-8-20-36(42)34-18-6-10-22-38(34)46-50;/h9-28H,1-8H3;1-28H;1H4. The summed E-state index contributed by atoms with van der Waals surface area (Å²) in [6, 6.07) is 98.8. The van der Waals surface area contributed by atoms with E-state index in [-0.39, 0.29) is 18.3 Å². The van der Waals surface area contributed by atoms with Gasteiger partial charge in [-0.05, 0) is 134 Å². The first-order valence-electron chi connectivity index (χ1n) is 34.8. The molecule has 3 aliphatic heterocycles. The van der Waals surface area contributed by atoms with Crippen LogP contribution in [-0.4, -0.2) is 14.2 Å². The molecule has 18 rings (SSSR count). The minimum Gasteiger partial charge on any atom is -0.497 e. The fourth-order valence-corrected chi connectivity index (χ4v) is 19.6. The van der Waals surface area contributed by atoms with Gasteiger partial charge in [0.1, 0.15) is 62.9 Å². The Labute approximate surface area is 622 Å². The molecule has 106 heavy (non-hydrogen) atoms. The van der Waals surface area contributed by atoms with Gasteiger partial charge in [-0.1, -0.05) is 255 Å². The number of methoxy groups -OCH3 is 2. The topological polar surface area (TPSA) is 109 Å². The van der Waals surface area contributed by atoms with Crippen LogP contribution in [0.2, 0.25) is 0 Å². The Morgan fingerprint density at radius 3 is 1.00 bits per heavy atom. The van der Waals surface area contributed by atoms with Gasteiger partial charge < -0.3 is 49.5 Å². The van der Waals surface area contributed by atoms with Crippen LogP contribution in [0, 0.1) is 0 Å². The van der Waals surface area contributed by atoms with Crippen molar-refractivity contribution < 1.29 is 49.5 Å². The number of rotatable bonds is 12. The van der Waals surface area contributed by atoms with E-state index < -0.39 is 33.4 Å². The summed E-state index contributed by atoms with van der Waals surface area (Å²) in [5, 5.41) is 9.31. The first-order valence-corrected chi connectivity index (χ1v) is 39.4. The average molecular weight is 1470 g/mol. The van der Waals surface area contributed by atoms with Crippen molar-refractivity contribution in [2.45, 2.75) is 59.8 Å². The van der Waals surface area contributed by atoms with E-state index in [1.165, 1.54) is 0 Å². The minimum absolute atomic E-state index is 0. The third-order valence-corrected chi connectivity index (χ3v) is 24.6. The highest BCUT2D eigenvalue weighted by Gasteiger charge is 2.38. The Kier molecular flexibility index (Phi) is 18.8. The molecule has 3 aliphatic rings. The smallest absolute Gasteiger partial charge is 0.453 e. The molecule has 0 saturated carbocycles. The van der Waals surface area contributed by atoms with E-state index in [9.17, 15) is 0 Å². The van der Waals surface area contributed by atoms with Crippen LogP contribution in [0.3, 0.4) is 0 Å². The molecule has 0 fully saturated rings. The molecule has 15 heteroatoms. The van der Waals surface area contributed by atoms with Gasteiger partial charge in [-0.15, -0.1) is 0 Å². The molecule has 0 aliphatic carbocycles. The maximum Gasteiger partial charge on any atom is 0.453 e. The first kappa shape index (κ1) is 69.4. The van der Waals surface area contributed by atoms with Crippen LogP contribution in [0.25, 0.3) is 99.1 Å². The highest BCUT2D eigenvalue weighted by atomic mass is 31.2. The summed E-state index contributed by atoms with van der Waals surface area (Å²) in [4.78, 5) is 0. The molecule has 3 atom stereocenters. The third-order valence-electron chi connectivity index (χ3n) is 19.0. The molecular weight excluding hydrogens is 1390 g/mol. The van der Waals surface area contributed by atoms with E-state index in [0.717, 1.165) is 144 Å². The van der Waals surface area contributed by atoms with Gasteiger partial charge >= 0.3 is 33.4 Å². The van der Waals surface area contributed by atoms with Crippen molar-refractivity contribution in [2.75, 3.05) is 14.2 Å². The Balaban J connectivity index is 0.000000162. The summed E-state index contributed by atoms with van der Waals surface area (Å²) in [5.74, 6) is 6.50. The zero-order valence-electron chi connectivity index (χ0n) is 59.0. The van der Waals surface area contributed by atoms with E-state index in [1.807, 2.05) is 127 Å². The highest BCUT2D eigenvalue weighted by molar-refractivity contribution is 7.58. The Morgan fingerprint density at radius 2 is 0.613 bits per heavy atom. The molecule has 0 amide bonds. The second-order valence-electron chi connectivity index (χ2n) is 27.8. The molecule has 15 aromatic rings. The fourth-order valence-electron chi connectivity index (χ4n) is 13.9. The Morgan fingerprint density at radius 1 is 0.292 bits per heavy atom. The summed E-state index contributed by atoms with van der Waals surface area (Å²) >= 11 is 0. The number of fused-ring (bicyclic) bond motifs is 14. The van der Waals surface area contributed by atoms with E-state index in [2.05, 4.69) is 205 Å². The summed E-state index contributed by atoms with van der Waals surface area (Å²) in [7, 11) is -3.27. The minimum atomic E-state index is -2.00. The molecule has 14 aromatic carbocycles. The van der Waals surface area contributed by atoms with Crippen LogP contribution in [-0.2, 0) is 10.8 Å². The lowest BCUT2D eigenvalue weighted by molar-refractivity contribution is 0.409. The molecule has 0 bridgehead atoms. The summed E-state index contributed by atoms with van der Waals surface area (Å²) in [6.07, 6.45) is 0. The number of ether oxygens (including phenoxy) is 2. The van der Waals surface area contributed by atoms with Crippen LogP contribution in [0.1, 0.15) is 60.1 Å². The van der Waals surface area contributed by atoms with E-state index >= 15 is 0 Å². The van der Waals surface area contributed by atoms with Gasteiger partial charge in [-0.25, -0.2) is 0 Å². The molecule has 0 saturated heterocycles. The van der Waals surface area contributed by atoms with Crippen molar-refractivity contribution in [2.24, 2.45) is 0 Å². The number of para-hydroxylation sites is 5. The molecule has 0 N–H and O–H groups in total. The zero-order valence-corrected chi connectivity index (χ0v) is 62.6. The molecular formula is C91H76O11P4. The van der Waals surface area contributed by atoms with Gasteiger partial charge in [0.05, 0.1) is 30.1 Å². The maximum absolute atomic E-state index is 7.27.